The third-order valence-electron chi connectivity index (χ3n) is 2.58. The average molecular weight is 380 g/mol. The van der Waals surface area contributed by atoms with Gasteiger partial charge in [0.2, 0.25) is 0 Å². The lowest BCUT2D eigenvalue weighted by Crippen LogP contribution is -2.12. The normalized spacial score (nSPS) is 13.1. The van der Waals surface area contributed by atoms with E-state index >= 15 is 0 Å². The molecule has 0 N–H and O–H groups in total. The minimum absolute atomic E-state index is 0.149. The maximum atomic E-state index is 4.61. The van der Waals surface area contributed by atoms with E-state index in [0.717, 1.165) is 12.2 Å². The number of rotatable bonds is 5. The molecule has 0 aliphatic carbocycles. The van der Waals surface area contributed by atoms with Gasteiger partial charge >= 0.3 is 0 Å². The number of nitrogens with zero attached hydrogens (tertiary/aromatic N) is 2. The van der Waals surface area contributed by atoms with E-state index in [9.17, 15) is 0 Å². The molecule has 1 aromatic rings. The quantitative estimate of drug-likeness (QED) is 0.428. The third kappa shape index (κ3) is 5.51. The summed E-state index contributed by atoms with van der Waals surface area (Å²) in [6.45, 7) is 11.3. The highest BCUT2D eigenvalue weighted by molar-refractivity contribution is 14.1. The molecule has 0 bridgehead atoms. The van der Waals surface area contributed by atoms with Crippen molar-refractivity contribution in [2.75, 3.05) is 11.5 Å². The first-order valence-corrected chi connectivity index (χ1v) is 8.63. The van der Waals surface area contributed by atoms with Gasteiger partial charge < -0.3 is 0 Å². The van der Waals surface area contributed by atoms with Crippen molar-refractivity contribution in [3.05, 3.63) is 17.5 Å². The van der Waals surface area contributed by atoms with Crippen LogP contribution < -0.4 is 0 Å². The standard InChI is InChI=1S/C14H25IN2S/c1-13(2,3)10-18-8-7-11-9-12(14(4,5)15)17(6)16-11/h9H,7-8,10H2,1-6H3. The van der Waals surface area contributed by atoms with Crippen LogP contribution in [0.15, 0.2) is 6.07 Å². The van der Waals surface area contributed by atoms with E-state index in [1.165, 1.54) is 17.1 Å². The summed E-state index contributed by atoms with van der Waals surface area (Å²) in [4.78, 5) is 0. The predicted octanol–water partition coefficient (Wildman–Crippen LogP) is 4.41. The van der Waals surface area contributed by atoms with Gasteiger partial charge in [0.1, 0.15) is 0 Å². The molecule has 0 aliphatic rings. The van der Waals surface area contributed by atoms with Crippen molar-refractivity contribution in [3.63, 3.8) is 0 Å². The molecule has 104 valence electrons. The fourth-order valence-corrected chi connectivity index (χ4v) is 3.38. The summed E-state index contributed by atoms with van der Waals surface area (Å²) in [5.41, 5.74) is 2.95. The summed E-state index contributed by atoms with van der Waals surface area (Å²) < 4.78 is 2.17. The molecule has 2 nitrogen and oxygen atoms in total. The summed E-state index contributed by atoms with van der Waals surface area (Å²) in [7, 11) is 2.04. The molecule has 1 heterocycles. The first kappa shape index (κ1) is 16.3. The van der Waals surface area contributed by atoms with Crippen LogP contribution >= 0.6 is 34.4 Å². The maximum absolute atomic E-state index is 4.61. The van der Waals surface area contributed by atoms with E-state index in [4.69, 9.17) is 0 Å². The van der Waals surface area contributed by atoms with Gasteiger partial charge in [0.05, 0.1) is 14.8 Å². The number of thioether (sulfide) groups is 1. The van der Waals surface area contributed by atoms with E-state index < -0.39 is 0 Å². The Morgan fingerprint density at radius 2 is 1.89 bits per heavy atom. The van der Waals surface area contributed by atoms with Crippen LogP contribution in [0.3, 0.4) is 0 Å². The van der Waals surface area contributed by atoms with Gasteiger partial charge in [-0.25, -0.2) is 0 Å². The Morgan fingerprint density at radius 1 is 1.28 bits per heavy atom. The van der Waals surface area contributed by atoms with Crippen molar-refractivity contribution < 1.29 is 0 Å². The summed E-state index contributed by atoms with van der Waals surface area (Å²) in [6.07, 6.45) is 1.07. The number of alkyl halides is 1. The number of hydrogen-bond donors (Lipinski definition) is 0. The molecule has 18 heavy (non-hydrogen) atoms. The topological polar surface area (TPSA) is 17.8 Å². The van der Waals surface area contributed by atoms with E-state index in [-0.39, 0.29) is 3.42 Å². The Hall–Kier alpha value is 0.290. The van der Waals surface area contributed by atoms with E-state index in [1.807, 2.05) is 23.5 Å². The molecule has 0 aliphatic heterocycles. The van der Waals surface area contributed by atoms with Gasteiger partial charge in [-0.1, -0.05) is 43.4 Å². The van der Waals surface area contributed by atoms with Gasteiger partial charge in [-0.2, -0.15) is 16.9 Å². The molecular formula is C14H25IN2S. The summed E-state index contributed by atoms with van der Waals surface area (Å²) >= 11 is 4.50. The molecule has 0 spiro atoms. The van der Waals surface area contributed by atoms with Crippen molar-refractivity contribution in [3.8, 4) is 0 Å². The molecule has 0 atom stereocenters. The van der Waals surface area contributed by atoms with Crippen molar-refractivity contribution in [1.82, 2.24) is 9.78 Å². The molecule has 0 fully saturated rings. The summed E-state index contributed by atoms with van der Waals surface area (Å²) in [6, 6.07) is 2.25. The van der Waals surface area contributed by atoms with Crippen LogP contribution in [0.2, 0.25) is 0 Å². The van der Waals surface area contributed by atoms with E-state index in [0.29, 0.717) is 5.41 Å². The Morgan fingerprint density at radius 3 is 2.33 bits per heavy atom. The zero-order valence-electron chi connectivity index (χ0n) is 12.4. The second-order valence-electron chi connectivity index (χ2n) is 6.48. The Kier molecular flexibility index (Phi) is 5.59. The molecule has 0 aromatic carbocycles. The highest BCUT2D eigenvalue weighted by Gasteiger charge is 2.21. The molecule has 0 saturated heterocycles. The predicted molar refractivity (Wildman–Crippen MR) is 90.7 cm³/mol. The van der Waals surface area contributed by atoms with Gasteiger partial charge in [-0.15, -0.1) is 0 Å². The fraction of sp³-hybridized carbons (Fsp3) is 0.786. The van der Waals surface area contributed by atoms with Crippen LogP contribution in [0, 0.1) is 5.41 Å². The van der Waals surface area contributed by atoms with Crippen LogP contribution in [0.4, 0.5) is 0 Å². The Labute approximate surface area is 129 Å². The zero-order chi connectivity index (χ0) is 14.0. The van der Waals surface area contributed by atoms with Crippen molar-refractivity contribution in [2.24, 2.45) is 12.5 Å². The van der Waals surface area contributed by atoms with Gasteiger partial charge in [0, 0.05) is 13.5 Å². The first-order chi connectivity index (χ1) is 8.09. The minimum Gasteiger partial charge on any atom is -0.271 e. The molecule has 1 aromatic heterocycles. The Bertz CT molecular complexity index is 385. The fourth-order valence-electron chi connectivity index (χ4n) is 1.76. The van der Waals surface area contributed by atoms with Crippen LogP contribution in [0.1, 0.15) is 46.0 Å². The van der Waals surface area contributed by atoms with Crippen molar-refractivity contribution in [2.45, 2.75) is 44.5 Å². The highest BCUT2D eigenvalue weighted by atomic mass is 127. The zero-order valence-corrected chi connectivity index (χ0v) is 15.4. The van der Waals surface area contributed by atoms with Crippen LogP contribution in [0.25, 0.3) is 0 Å². The molecule has 4 heteroatoms. The Balaban J connectivity index is 2.50. The maximum Gasteiger partial charge on any atom is 0.0636 e. The van der Waals surface area contributed by atoms with Crippen molar-refractivity contribution in [1.29, 1.82) is 0 Å². The van der Waals surface area contributed by atoms with Crippen molar-refractivity contribution >= 4 is 34.4 Å². The molecule has 0 radical (unpaired) electrons. The molecule has 1 rings (SSSR count). The summed E-state index contributed by atoms with van der Waals surface area (Å²) in [5.74, 6) is 2.37. The lowest BCUT2D eigenvalue weighted by Gasteiger charge is -2.16. The van der Waals surface area contributed by atoms with Gasteiger partial charge in [-0.05, 0) is 36.8 Å². The highest BCUT2D eigenvalue weighted by Crippen LogP contribution is 2.30. The minimum atomic E-state index is 0.149. The molecule has 0 unspecified atom stereocenters. The largest absolute Gasteiger partial charge is 0.271 e. The lowest BCUT2D eigenvalue weighted by molar-refractivity contribution is 0.480. The molecule has 0 amide bonds. The SMILES string of the molecule is Cn1nc(CCSCC(C)(C)C)cc1C(C)(C)I. The monoisotopic (exact) mass is 380 g/mol. The smallest absolute Gasteiger partial charge is 0.0636 e. The number of hydrogen-bond acceptors (Lipinski definition) is 2. The average Bonchev–Trinajstić information content (AvgIpc) is 2.52. The van der Waals surface area contributed by atoms with E-state index in [1.54, 1.807) is 0 Å². The second kappa shape index (κ2) is 6.16. The molecular weight excluding hydrogens is 355 g/mol. The second-order valence-corrected chi connectivity index (χ2v) is 10.3. The third-order valence-corrected chi connectivity index (χ3v) is 4.69. The van der Waals surface area contributed by atoms with Crippen LogP contribution in [-0.4, -0.2) is 21.3 Å². The molecule has 0 saturated carbocycles. The van der Waals surface area contributed by atoms with Crippen LogP contribution in [-0.2, 0) is 16.9 Å². The summed E-state index contributed by atoms with van der Waals surface area (Å²) in [5, 5.41) is 4.61. The lowest BCUT2D eigenvalue weighted by atomic mass is 10.0. The van der Waals surface area contributed by atoms with Gasteiger partial charge in [-0.3, -0.25) is 4.68 Å². The van der Waals surface area contributed by atoms with Crippen LogP contribution in [0.5, 0.6) is 0 Å². The number of aromatic nitrogens is 2. The van der Waals surface area contributed by atoms with Gasteiger partial charge in [0.15, 0.2) is 0 Å². The first-order valence-electron chi connectivity index (χ1n) is 6.40. The van der Waals surface area contributed by atoms with E-state index in [2.05, 4.69) is 68.4 Å². The van der Waals surface area contributed by atoms with Gasteiger partial charge in [0.25, 0.3) is 0 Å². The number of aryl methyl sites for hydroxylation is 2. The number of halogens is 1.